The normalized spacial score (nSPS) is 16.0. The van der Waals surface area contributed by atoms with Gasteiger partial charge in [-0.05, 0) is 77.6 Å². The summed E-state index contributed by atoms with van der Waals surface area (Å²) >= 11 is 1.80. The van der Waals surface area contributed by atoms with Gasteiger partial charge in [-0.2, -0.15) is 0 Å². The molecule has 0 N–H and O–H groups in total. The summed E-state index contributed by atoms with van der Waals surface area (Å²) in [5.41, 5.74) is 7.97. The molecule has 36 heavy (non-hydrogen) atoms. The number of nitrogens with zero attached hydrogens (tertiary/aromatic N) is 3. The molecule has 1 aliphatic heterocycles. The molecule has 0 fully saturated rings. The van der Waals surface area contributed by atoms with Crippen molar-refractivity contribution in [2.45, 2.75) is 17.7 Å². The summed E-state index contributed by atoms with van der Waals surface area (Å²) in [6.07, 6.45) is 6.24. The number of fused-ring (bicyclic) bond motifs is 3. The Labute approximate surface area is 247 Å². The van der Waals surface area contributed by atoms with Crippen molar-refractivity contribution in [1.29, 1.82) is 0 Å². The predicted molar refractivity (Wildman–Crippen MR) is 143 cm³/mol. The summed E-state index contributed by atoms with van der Waals surface area (Å²) in [5.74, 6) is 0. The van der Waals surface area contributed by atoms with Crippen LogP contribution in [0.2, 0.25) is 0 Å². The average Bonchev–Trinajstić information content (AvgIpc) is 3.40. The van der Waals surface area contributed by atoms with Gasteiger partial charge in [-0.1, -0.05) is 42.1 Å². The third kappa shape index (κ3) is 4.78. The first-order valence-electron chi connectivity index (χ1n) is 11.2. The number of non-ortho nitro benzene ring substituents is 1. The fraction of sp³-hybridized carbons (Fsp3) is 0.107. The van der Waals surface area contributed by atoms with Gasteiger partial charge in [0.1, 0.15) is 0 Å². The number of para-hydroxylation sites is 2. The number of hydrogen-bond acceptors (Lipinski definition) is 5. The molecule has 3 aromatic carbocycles. The Balaban J connectivity index is 0.00000152. The summed E-state index contributed by atoms with van der Waals surface area (Å²) in [6, 6.07) is 23.5. The summed E-state index contributed by atoms with van der Waals surface area (Å²) in [5, 5.41) is 13.4. The van der Waals surface area contributed by atoms with Gasteiger partial charge in [-0.15, -0.1) is 0 Å². The highest BCUT2D eigenvalue weighted by atomic mass is 127. The van der Waals surface area contributed by atoms with Gasteiger partial charge in [-0.3, -0.25) is 10.1 Å². The number of allylic oxidation sites excluding steroid dienone is 1. The van der Waals surface area contributed by atoms with Gasteiger partial charge in [-0.25, -0.2) is 4.98 Å². The zero-order valence-corrected chi connectivity index (χ0v) is 24.9. The van der Waals surface area contributed by atoms with E-state index < -0.39 is 0 Å². The zero-order valence-electron chi connectivity index (χ0n) is 19.4. The molecule has 182 valence electrons. The van der Waals surface area contributed by atoms with Crippen molar-refractivity contribution in [1.82, 2.24) is 4.98 Å². The van der Waals surface area contributed by atoms with E-state index in [1.807, 2.05) is 6.07 Å². The van der Waals surface area contributed by atoms with Crippen LogP contribution in [0.5, 0.6) is 0 Å². The van der Waals surface area contributed by atoms with Crippen LogP contribution in [0.3, 0.4) is 0 Å². The number of rotatable bonds is 3. The van der Waals surface area contributed by atoms with Crippen LogP contribution in [-0.4, -0.2) is 17.0 Å². The van der Waals surface area contributed by atoms with E-state index in [2.05, 4.69) is 66.6 Å². The van der Waals surface area contributed by atoms with Gasteiger partial charge in [0.15, 0.2) is 0 Å². The molecule has 0 saturated heterocycles. The number of nitro benzene ring substituents is 1. The Bertz CT molecular complexity index is 1530. The average molecular weight is 719 g/mol. The molecule has 0 atom stereocenters. The third-order valence-electron chi connectivity index (χ3n) is 6.47. The third-order valence-corrected chi connectivity index (χ3v) is 7.64. The van der Waals surface area contributed by atoms with E-state index in [0.717, 1.165) is 35.0 Å². The highest BCUT2D eigenvalue weighted by Crippen LogP contribution is 2.47. The quantitative estimate of drug-likeness (QED) is 0.177. The van der Waals surface area contributed by atoms with E-state index in [1.165, 1.54) is 32.3 Å². The molecule has 6 rings (SSSR count). The van der Waals surface area contributed by atoms with E-state index in [-0.39, 0.29) is 58.6 Å². The number of pyridine rings is 1. The van der Waals surface area contributed by atoms with Crippen molar-refractivity contribution in [3.63, 3.8) is 0 Å². The van der Waals surface area contributed by atoms with Crippen molar-refractivity contribution in [2.24, 2.45) is 0 Å². The number of nitro groups is 1. The minimum atomic E-state index is -0.369. The standard InChI is InChI=1S/C28H21N3O2S.H2I.HI/c1-30-25-8-4-5-9-26(25)34-27(30)17-23-21-6-2-3-7-24(21)29-28-19(12-15-22(23)28)16-18-10-13-20(14-11-18)31(32)33;;/h2-11,13-14,16-17H,12,15H2,1H3;1H2;1H/q;+1;/p-1/b19-16+,27-17-;;. The highest BCUT2D eigenvalue weighted by molar-refractivity contribution is 8.03. The monoisotopic (exact) mass is 719 g/mol. The van der Waals surface area contributed by atoms with Gasteiger partial charge in [0.2, 0.25) is 24.0 Å². The number of aromatic nitrogens is 1. The first-order chi connectivity index (χ1) is 16.6. The maximum absolute atomic E-state index is 11.0. The van der Waals surface area contributed by atoms with E-state index in [4.69, 9.17) is 4.98 Å². The molecular weight excluding hydrogens is 696 g/mol. The molecular formula is C28H23I2N3O2S. The van der Waals surface area contributed by atoms with Crippen molar-refractivity contribution in [2.75, 3.05) is 11.9 Å². The maximum Gasteiger partial charge on any atom is 0.269 e. The Morgan fingerprint density at radius 3 is 2.44 bits per heavy atom. The lowest BCUT2D eigenvalue weighted by Crippen LogP contribution is -3.00. The Morgan fingerprint density at radius 1 is 0.972 bits per heavy atom. The minimum absolute atomic E-state index is 0. The Morgan fingerprint density at radius 2 is 1.69 bits per heavy atom. The number of halogens is 2. The predicted octanol–water partition coefficient (Wildman–Crippen LogP) is 0.643. The number of benzene rings is 3. The second-order valence-corrected chi connectivity index (χ2v) is 9.56. The van der Waals surface area contributed by atoms with Crippen molar-refractivity contribution >= 4 is 51.8 Å². The summed E-state index contributed by atoms with van der Waals surface area (Å²) in [6.45, 7) is 0. The van der Waals surface area contributed by atoms with Crippen LogP contribution in [-0.2, 0) is 6.42 Å². The van der Waals surface area contributed by atoms with Crippen molar-refractivity contribution in [3.8, 4) is 0 Å². The van der Waals surface area contributed by atoms with Crippen LogP contribution in [0, 0.1) is 10.1 Å². The van der Waals surface area contributed by atoms with Gasteiger partial charge < -0.3 is 28.9 Å². The zero-order chi connectivity index (χ0) is 23.2. The fourth-order valence-corrected chi connectivity index (χ4v) is 5.84. The van der Waals surface area contributed by atoms with Crippen LogP contribution in [0.1, 0.15) is 28.8 Å². The molecule has 0 radical (unpaired) electrons. The lowest BCUT2D eigenvalue weighted by atomic mass is 10.0. The molecule has 0 bridgehead atoms. The summed E-state index contributed by atoms with van der Waals surface area (Å²) in [7, 11) is 2.12. The van der Waals surface area contributed by atoms with E-state index in [1.54, 1.807) is 36.0 Å². The lowest BCUT2D eigenvalue weighted by molar-refractivity contribution is -0.384. The minimum Gasteiger partial charge on any atom is -1.00 e. The Kier molecular flexibility index (Phi) is 8.06. The second-order valence-electron chi connectivity index (χ2n) is 8.50. The first kappa shape index (κ1) is 26.6. The van der Waals surface area contributed by atoms with E-state index in [9.17, 15) is 10.1 Å². The SMILES string of the molecule is CN1/C(=C/c2c3c(nc4ccccc24)/C(=C/c2ccc([N+](=O)[O-])cc2)CC3)Sc2ccccc21.[I-].[IH2+]. The Hall–Kier alpha value is -2.44. The number of hydrogen-bond donors (Lipinski definition) is 0. The first-order valence-corrected chi connectivity index (χ1v) is 12.0. The lowest BCUT2D eigenvalue weighted by Gasteiger charge is -2.15. The number of anilines is 1. The molecule has 0 unspecified atom stereocenters. The molecule has 0 saturated carbocycles. The molecule has 1 aromatic heterocycles. The molecule has 8 heteroatoms. The topological polar surface area (TPSA) is 59.3 Å². The fourth-order valence-electron chi connectivity index (χ4n) is 4.74. The molecule has 2 aliphatic rings. The molecule has 0 spiro atoms. The van der Waals surface area contributed by atoms with Crippen LogP contribution in [0.15, 0.2) is 82.7 Å². The molecule has 0 amide bonds. The van der Waals surface area contributed by atoms with Crippen LogP contribution >= 0.6 is 11.8 Å². The van der Waals surface area contributed by atoms with Crippen LogP contribution in [0.4, 0.5) is 11.4 Å². The molecule has 4 aromatic rings. The maximum atomic E-state index is 11.0. The number of thioether (sulfide) groups is 1. The van der Waals surface area contributed by atoms with E-state index >= 15 is 0 Å². The summed E-state index contributed by atoms with van der Waals surface area (Å²) in [4.78, 5) is 19.2. The van der Waals surface area contributed by atoms with Crippen LogP contribution < -0.4 is 52.9 Å². The van der Waals surface area contributed by atoms with Gasteiger partial charge in [0, 0.05) is 29.5 Å². The van der Waals surface area contributed by atoms with Gasteiger partial charge >= 0.3 is 0 Å². The highest BCUT2D eigenvalue weighted by Gasteiger charge is 2.26. The van der Waals surface area contributed by atoms with Crippen molar-refractivity contribution in [3.05, 3.63) is 110 Å². The summed E-state index contributed by atoms with van der Waals surface area (Å²) < 4.78 is 0. The van der Waals surface area contributed by atoms with Crippen molar-refractivity contribution < 1.29 is 52.9 Å². The van der Waals surface area contributed by atoms with E-state index in [0.29, 0.717) is 0 Å². The molecule has 5 nitrogen and oxygen atoms in total. The largest absolute Gasteiger partial charge is 1.00 e. The molecule has 1 aliphatic carbocycles. The van der Waals surface area contributed by atoms with Gasteiger partial charge in [0.05, 0.1) is 26.9 Å². The van der Waals surface area contributed by atoms with Crippen LogP contribution in [0.25, 0.3) is 28.6 Å². The smallest absolute Gasteiger partial charge is 0.269 e. The second kappa shape index (κ2) is 10.9. The molecule has 2 heterocycles. The van der Waals surface area contributed by atoms with Gasteiger partial charge in [0.25, 0.3) is 5.69 Å².